The molecule has 6 heteroatoms. The summed E-state index contributed by atoms with van der Waals surface area (Å²) in [5.74, 6) is -0.0457. The largest absolute Gasteiger partial charge is 0.506 e. The first-order valence-electron chi connectivity index (χ1n) is 5.41. The second-order valence-electron chi connectivity index (χ2n) is 3.74. The number of benzene rings is 2. The molecule has 0 heterocycles. The molecule has 2 N–H and O–H groups in total. The number of amides is 2. The van der Waals surface area contributed by atoms with Crippen LogP contribution in [0.25, 0.3) is 0 Å². The van der Waals surface area contributed by atoms with E-state index in [0.717, 1.165) is 4.31 Å². The third kappa shape index (κ3) is 3.33. The van der Waals surface area contributed by atoms with Gasteiger partial charge in [0.2, 0.25) is 0 Å². The Bertz CT molecular complexity index is 592. The van der Waals surface area contributed by atoms with Crippen LogP contribution in [0.3, 0.4) is 0 Å². The van der Waals surface area contributed by atoms with Crippen LogP contribution in [0.2, 0.25) is 5.02 Å². The molecule has 0 aliphatic heterocycles. The number of carbonyl (C=O) groups excluding carboxylic acids is 1. The molecule has 2 aromatic carbocycles. The van der Waals surface area contributed by atoms with E-state index in [2.05, 4.69) is 18.1 Å². The number of rotatable bonds is 2. The summed E-state index contributed by atoms with van der Waals surface area (Å²) in [5.41, 5.74) is 1.12. The molecule has 0 radical (unpaired) electrons. The Hall–Kier alpha value is -1.85. The summed E-state index contributed by atoms with van der Waals surface area (Å²) in [6, 6.07) is 13.0. The van der Waals surface area contributed by atoms with E-state index < -0.39 is 6.03 Å². The molecular formula is C13H11ClN2O2S. The fourth-order valence-corrected chi connectivity index (χ4v) is 1.79. The molecule has 0 bridgehead atoms. The Morgan fingerprint density at radius 2 is 1.89 bits per heavy atom. The van der Waals surface area contributed by atoms with Crippen LogP contribution in [0, 0.1) is 0 Å². The molecule has 2 amide bonds. The van der Waals surface area contributed by atoms with Gasteiger partial charge in [-0.15, -0.1) is 0 Å². The van der Waals surface area contributed by atoms with Crippen molar-refractivity contribution in [1.29, 1.82) is 0 Å². The zero-order chi connectivity index (χ0) is 13.8. The van der Waals surface area contributed by atoms with Crippen LogP contribution in [0.1, 0.15) is 0 Å². The Morgan fingerprint density at radius 1 is 1.21 bits per heavy atom. The molecule has 19 heavy (non-hydrogen) atoms. The predicted molar refractivity (Wildman–Crippen MR) is 80.0 cm³/mol. The number of phenolic OH excluding ortho intramolecular Hbond substituents is 1. The van der Waals surface area contributed by atoms with Crippen molar-refractivity contribution >= 4 is 41.8 Å². The number of thiol groups is 1. The van der Waals surface area contributed by atoms with Gasteiger partial charge in [0, 0.05) is 5.69 Å². The number of nitrogens with zero attached hydrogens (tertiary/aromatic N) is 1. The molecule has 4 nitrogen and oxygen atoms in total. The summed E-state index contributed by atoms with van der Waals surface area (Å²) in [5, 5.41) is 12.2. The van der Waals surface area contributed by atoms with Crippen molar-refractivity contribution < 1.29 is 9.90 Å². The van der Waals surface area contributed by atoms with Crippen molar-refractivity contribution in [2.75, 3.05) is 9.62 Å². The minimum atomic E-state index is -0.420. The summed E-state index contributed by atoms with van der Waals surface area (Å²) in [4.78, 5) is 11.9. The van der Waals surface area contributed by atoms with Crippen molar-refractivity contribution in [3.63, 3.8) is 0 Å². The van der Waals surface area contributed by atoms with Gasteiger partial charge in [-0.1, -0.05) is 42.6 Å². The van der Waals surface area contributed by atoms with Gasteiger partial charge in [0.05, 0.1) is 10.7 Å². The second-order valence-corrected chi connectivity index (χ2v) is 4.55. The van der Waals surface area contributed by atoms with Crippen LogP contribution in [0.5, 0.6) is 5.75 Å². The zero-order valence-corrected chi connectivity index (χ0v) is 11.4. The third-order valence-electron chi connectivity index (χ3n) is 2.39. The molecule has 0 fully saturated rings. The predicted octanol–water partition coefficient (Wildman–Crippen LogP) is 3.93. The average Bonchev–Trinajstić information content (AvgIpc) is 2.42. The first-order valence-corrected chi connectivity index (χ1v) is 6.19. The van der Waals surface area contributed by atoms with Crippen LogP contribution in [-0.4, -0.2) is 11.1 Å². The van der Waals surface area contributed by atoms with Gasteiger partial charge < -0.3 is 10.4 Å². The van der Waals surface area contributed by atoms with E-state index in [9.17, 15) is 9.90 Å². The molecule has 2 aromatic rings. The highest BCUT2D eigenvalue weighted by molar-refractivity contribution is 7.82. The van der Waals surface area contributed by atoms with Gasteiger partial charge in [-0.25, -0.2) is 9.10 Å². The molecule has 0 spiro atoms. The highest BCUT2D eigenvalue weighted by Crippen LogP contribution is 2.29. The highest BCUT2D eigenvalue weighted by Gasteiger charge is 2.13. The van der Waals surface area contributed by atoms with E-state index in [4.69, 9.17) is 11.6 Å². The summed E-state index contributed by atoms with van der Waals surface area (Å²) in [6.07, 6.45) is 0. The van der Waals surface area contributed by atoms with E-state index in [0.29, 0.717) is 11.4 Å². The van der Waals surface area contributed by atoms with Crippen LogP contribution in [-0.2, 0) is 0 Å². The van der Waals surface area contributed by atoms with Gasteiger partial charge in [-0.2, -0.15) is 0 Å². The van der Waals surface area contributed by atoms with Crippen LogP contribution >= 0.6 is 24.4 Å². The zero-order valence-electron chi connectivity index (χ0n) is 9.75. The van der Waals surface area contributed by atoms with Gasteiger partial charge in [0.25, 0.3) is 0 Å². The van der Waals surface area contributed by atoms with Gasteiger partial charge >= 0.3 is 6.03 Å². The number of hydrogen-bond donors (Lipinski definition) is 3. The number of hydrogen-bond acceptors (Lipinski definition) is 3. The number of phenols is 1. The van der Waals surface area contributed by atoms with E-state index in [1.54, 1.807) is 18.2 Å². The molecular weight excluding hydrogens is 284 g/mol. The lowest BCUT2D eigenvalue weighted by Gasteiger charge is -2.17. The lowest BCUT2D eigenvalue weighted by molar-refractivity contribution is 0.260. The van der Waals surface area contributed by atoms with Gasteiger partial charge in [-0.05, 0) is 30.3 Å². The minimum Gasteiger partial charge on any atom is -0.506 e. The normalized spacial score (nSPS) is 10.0. The molecule has 98 valence electrons. The van der Waals surface area contributed by atoms with Crippen LogP contribution in [0.15, 0.2) is 48.5 Å². The van der Waals surface area contributed by atoms with E-state index in [-0.39, 0.29) is 10.8 Å². The molecule has 0 unspecified atom stereocenters. The van der Waals surface area contributed by atoms with Crippen molar-refractivity contribution in [2.24, 2.45) is 0 Å². The molecule has 2 rings (SSSR count). The maximum absolute atomic E-state index is 11.9. The maximum Gasteiger partial charge on any atom is 0.336 e. The molecule has 0 saturated heterocycles. The standard InChI is InChI=1S/C13H11ClN2O2S/c14-11-8-10(6-7-12(11)17)16(19)13(18)15-9-4-2-1-3-5-9/h1-8,17,19H,(H,15,18). The van der Waals surface area contributed by atoms with Crippen molar-refractivity contribution in [3.8, 4) is 5.75 Å². The summed E-state index contributed by atoms with van der Waals surface area (Å²) >= 11 is 9.89. The van der Waals surface area contributed by atoms with Crippen LogP contribution in [0.4, 0.5) is 16.2 Å². The van der Waals surface area contributed by atoms with Gasteiger partial charge in [0.1, 0.15) is 5.75 Å². The highest BCUT2D eigenvalue weighted by atomic mass is 35.5. The first kappa shape index (κ1) is 13.6. The lowest BCUT2D eigenvalue weighted by Crippen LogP contribution is -2.26. The molecule has 0 aliphatic rings. The van der Waals surface area contributed by atoms with Crippen molar-refractivity contribution in [1.82, 2.24) is 0 Å². The minimum absolute atomic E-state index is 0.0457. The Labute approximate surface area is 121 Å². The monoisotopic (exact) mass is 294 g/mol. The SMILES string of the molecule is O=C(Nc1ccccc1)N(S)c1ccc(O)c(Cl)c1. The Morgan fingerprint density at radius 3 is 2.53 bits per heavy atom. The summed E-state index contributed by atoms with van der Waals surface area (Å²) in [7, 11) is 0. The van der Waals surface area contributed by atoms with Crippen molar-refractivity contribution in [2.45, 2.75) is 0 Å². The Kier molecular flexibility index (Phi) is 4.19. The van der Waals surface area contributed by atoms with Crippen LogP contribution < -0.4 is 9.62 Å². The quantitative estimate of drug-likeness (QED) is 0.735. The van der Waals surface area contributed by atoms with E-state index >= 15 is 0 Å². The molecule has 0 aromatic heterocycles. The number of nitrogens with one attached hydrogen (secondary N) is 1. The number of urea groups is 1. The number of halogens is 1. The number of para-hydroxylation sites is 1. The first-order chi connectivity index (χ1) is 9.08. The topological polar surface area (TPSA) is 52.6 Å². The number of aromatic hydroxyl groups is 1. The fourth-order valence-electron chi connectivity index (χ4n) is 1.44. The van der Waals surface area contributed by atoms with E-state index in [1.807, 2.05) is 18.2 Å². The van der Waals surface area contributed by atoms with Gasteiger partial charge in [0.15, 0.2) is 0 Å². The summed E-state index contributed by atoms with van der Waals surface area (Å²) in [6.45, 7) is 0. The van der Waals surface area contributed by atoms with E-state index in [1.165, 1.54) is 12.1 Å². The Balaban J connectivity index is 2.12. The number of anilines is 2. The van der Waals surface area contributed by atoms with Gasteiger partial charge in [-0.3, -0.25) is 0 Å². The molecule has 0 saturated carbocycles. The lowest BCUT2D eigenvalue weighted by atomic mass is 10.3. The number of carbonyl (C=O) groups is 1. The second kappa shape index (κ2) is 5.86. The third-order valence-corrected chi connectivity index (χ3v) is 3.11. The average molecular weight is 295 g/mol. The molecule has 0 aliphatic carbocycles. The van der Waals surface area contributed by atoms with Crippen molar-refractivity contribution in [3.05, 3.63) is 53.6 Å². The maximum atomic E-state index is 11.9. The summed E-state index contributed by atoms with van der Waals surface area (Å²) < 4.78 is 1.11. The smallest absolute Gasteiger partial charge is 0.336 e. The fraction of sp³-hybridized carbons (Fsp3) is 0. The molecule has 0 atom stereocenters.